The second-order valence-corrected chi connectivity index (χ2v) is 7.54. The van der Waals surface area contributed by atoms with E-state index in [-0.39, 0.29) is 54.9 Å². The van der Waals surface area contributed by atoms with E-state index >= 15 is 0 Å². The number of likely N-dealkylation sites (N-methyl/N-ethyl adjacent to an activating group) is 1. The molecule has 164 valence electrons. The summed E-state index contributed by atoms with van der Waals surface area (Å²) in [4.78, 5) is 60.6. The summed E-state index contributed by atoms with van der Waals surface area (Å²) in [5.41, 5.74) is 0. The Morgan fingerprint density at radius 2 is 1.72 bits per heavy atom. The first-order chi connectivity index (χ1) is 13.7. The molecule has 1 aliphatic rings. The van der Waals surface area contributed by atoms with Gasteiger partial charge in [-0.2, -0.15) is 0 Å². The topological polar surface area (TPSA) is 125 Å². The monoisotopic (exact) mass is 410 g/mol. The number of hydrogen-bond donors (Lipinski definition) is 3. The number of amides is 4. The zero-order chi connectivity index (χ0) is 22.0. The maximum Gasteiger partial charge on any atom is 0.239 e. The van der Waals surface area contributed by atoms with Crippen LogP contribution in [-0.4, -0.2) is 66.5 Å². The van der Waals surface area contributed by atoms with Crippen molar-refractivity contribution in [3.63, 3.8) is 0 Å². The van der Waals surface area contributed by atoms with Gasteiger partial charge in [-0.1, -0.05) is 20.3 Å². The van der Waals surface area contributed by atoms with E-state index in [9.17, 15) is 24.0 Å². The molecule has 0 aliphatic carbocycles. The molecular weight excluding hydrogens is 376 g/mol. The number of carbonyl (C=O) groups is 5. The highest BCUT2D eigenvalue weighted by molar-refractivity contribution is 6.01. The van der Waals surface area contributed by atoms with Crippen LogP contribution in [0.15, 0.2) is 0 Å². The number of nitrogens with one attached hydrogen (secondary N) is 3. The van der Waals surface area contributed by atoms with Gasteiger partial charge in [0.25, 0.3) is 0 Å². The lowest BCUT2D eigenvalue weighted by Crippen LogP contribution is -2.50. The number of rotatable bonds is 13. The lowest BCUT2D eigenvalue weighted by Gasteiger charge is -2.22. The van der Waals surface area contributed by atoms with Crippen molar-refractivity contribution < 1.29 is 24.0 Å². The number of hydrogen-bond acceptors (Lipinski definition) is 6. The van der Waals surface area contributed by atoms with Gasteiger partial charge in [-0.05, 0) is 39.2 Å². The Bertz CT molecular complexity index is 606. The fourth-order valence-electron chi connectivity index (χ4n) is 3.30. The van der Waals surface area contributed by atoms with Crippen LogP contribution < -0.4 is 16.0 Å². The molecule has 1 aliphatic heterocycles. The first-order valence-corrected chi connectivity index (χ1v) is 10.3. The summed E-state index contributed by atoms with van der Waals surface area (Å²) in [6.45, 7) is 5.48. The number of carbonyl (C=O) groups excluding carboxylic acids is 5. The average Bonchev–Trinajstić information content (AvgIpc) is 3.00. The van der Waals surface area contributed by atoms with Crippen molar-refractivity contribution in [2.45, 2.75) is 71.4 Å². The number of nitrogens with zero attached hydrogens (tertiary/aromatic N) is 1. The van der Waals surface area contributed by atoms with E-state index in [4.69, 9.17) is 0 Å². The van der Waals surface area contributed by atoms with Crippen LogP contribution in [0.1, 0.15) is 59.3 Å². The molecule has 0 bridgehead atoms. The van der Waals surface area contributed by atoms with Gasteiger partial charge in [0.05, 0.1) is 18.6 Å². The molecule has 0 radical (unpaired) electrons. The molecule has 4 amide bonds. The van der Waals surface area contributed by atoms with E-state index in [2.05, 4.69) is 16.0 Å². The van der Waals surface area contributed by atoms with Crippen molar-refractivity contribution in [2.24, 2.45) is 5.92 Å². The normalized spacial score (nSPS) is 17.0. The van der Waals surface area contributed by atoms with Crippen molar-refractivity contribution in [1.82, 2.24) is 20.9 Å². The van der Waals surface area contributed by atoms with Gasteiger partial charge in [0.15, 0.2) is 5.78 Å². The lowest BCUT2D eigenvalue weighted by atomic mass is 9.98. The molecule has 3 atom stereocenters. The van der Waals surface area contributed by atoms with E-state index in [1.54, 1.807) is 7.05 Å². The predicted molar refractivity (Wildman–Crippen MR) is 108 cm³/mol. The van der Waals surface area contributed by atoms with Gasteiger partial charge < -0.3 is 16.0 Å². The zero-order valence-corrected chi connectivity index (χ0v) is 17.9. The molecule has 0 aromatic heterocycles. The molecule has 1 unspecified atom stereocenters. The van der Waals surface area contributed by atoms with Crippen LogP contribution in [0, 0.1) is 5.92 Å². The minimum absolute atomic E-state index is 0.127. The minimum Gasteiger partial charge on any atom is -0.346 e. The fraction of sp³-hybridized carbons (Fsp3) is 0.750. The van der Waals surface area contributed by atoms with Crippen LogP contribution >= 0.6 is 0 Å². The van der Waals surface area contributed by atoms with E-state index in [0.29, 0.717) is 25.8 Å². The van der Waals surface area contributed by atoms with Crippen molar-refractivity contribution in [3.05, 3.63) is 0 Å². The Kier molecular flexibility index (Phi) is 10.5. The van der Waals surface area contributed by atoms with Crippen LogP contribution in [0.5, 0.6) is 0 Å². The summed E-state index contributed by atoms with van der Waals surface area (Å²) < 4.78 is 0. The summed E-state index contributed by atoms with van der Waals surface area (Å²) in [7, 11) is 1.70. The molecule has 1 saturated heterocycles. The van der Waals surface area contributed by atoms with Crippen LogP contribution in [0.25, 0.3) is 0 Å². The van der Waals surface area contributed by atoms with Crippen LogP contribution in [0.2, 0.25) is 0 Å². The summed E-state index contributed by atoms with van der Waals surface area (Å²) in [6.07, 6.45) is 2.93. The van der Waals surface area contributed by atoms with E-state index in [0.717, 1.165) is 6.42 Å². The Morgan fingerprint density at radius 1 is 1.10 bits per heavy atom. The Morgan fingerprint density at radius 3 is 2.24 bits per heavy atom. The highest BCUT2D eigenvalue weighted by Crippen LogP contribution is 2.13. The summed E-state index contributed by atoms with van der Waals surface area (Å²) in [5, 5.41) is 8.20. The van der Waals surface area contributed by atoms with E-state index in [1.807, 2.05) is 13.8 Å². The van der Waals surface area contributed by atoms with Gasteiger partial charge in [-0.3, -0.25) is 28.9 Å². The quantitative estimate of drug-likeness (QED) is 0.293. The van der Waals surface area contributed by atoms with Gasteiger partial charge >= 0.3 is 0 Å². The van der Waals surface area contributed by atoms with Crippen molar-refractivity contribution in [2.75, 3.05) is 20.1 Å². The van der Waals surface area contributed by atoms with Gasteiger partial charge in [-0.15, -0.1) is 0 Å². The van der Waals surface area contributed by atoms with E-state index in [1.165, 1.54) is 11.8 Å². The molecule has 1 heterocycles. The Balaban J connectivity index is 2.39. The predicted octanol–water partition coefficient (Wildman–Crippen LogP) is 0.130. The zero-order valence-electron chi connectivity index (χ0n) is 17.9. The molecule has 0 spiro atoms. The van der Waals surface area contributed by atoms with E-state index < -0.39 is 11.9 Å². The number of ketones is 1. The standard InChI is InChI=1S/C20H34N4O5/c1-5-13(2)19(21-4)20(29)22-12-16(26)23-15(14(3)25)8-6-7-11-24-17(27)9-10-18(24)28/h13,15,19,21H,5-12H2,1-4H3,(H,22,29)(H,23,26)/t13-,15-,19?/m0/s1. The molecular formula is C20H34N4O5. The number of likely N-dealkylation sites (tertiary alicyclic amines) is 1. The maximum absolute atomic E-state index is 12.2. The molecule has 29 heavy (non-hydrogen) atoms. The molecule has 1 fully saturated rings. The number of Topliss-reactive ketones (excluding diaryl/α,β-unsaturated/α-hetero) is 1. The first kappa shape index (κ1) is 24.7. The summed E-state index contributed by atoms with van der Waals surface area (Å²) in [6, 6.07) is -1.04. The summed E-state index contributed by atoms with van der Waals surface area (Å²) >= 11 is 0. The van der Waals surface area contributed by atoms with Crippen LogP contribution in [-0.2, 0) is 24.0 Å². The Hall–Kier alpha value is -2.29. The highest BCUT2D eigenvalue weighted by Gasteiger charge is 2.28. The van der Waals surface area contributed by atoms with Crippen molar-refractivity contribution in [3.8, 4) is 0 Å². The minimum atomic E-state index is -0.654. The van der Waals surface area contributed by atoms with Gasteiger partial charge in [0, 0.05) is 19.4 Å². The third-order valence-electron chi connectivity index (χ3n) is 5.33. The third-order valence-corrected chi connectivity index (χ3v) is 5.33. The smallest absolute Gasteiger partial charge is 0.239 e. The Labute approximate surface area is 172 Å². The SMILES string of the molecule is CC[C@H](C)C(NC)C(=O)NCC(=O)N[C@@H](CCCCN1C(=O)CCC1=O)C(C)=O. The molecule has 0 aromatic carbocycles. The highest BCUT2D eigenvalue weighted by atomic mass is 16.2. The molecule has 1 rings (SSSR count). The summed E-state index contributed by atoms with van der Waals surface area (Å²) in [5.74, 6) is -1.04. The van der Waals surface area contributed by atoms with Crippen molar-refractivity contribution >= 4 is 29.4 Å². The molecule has 0 saturated carbocycles. The van der Waals surface area contributed by atoms with Crippen LogP contribution in [0.4, 0.5) is 0 Å². The van der Waals surface area contributed by atoms with Gasteiger partial charge in [-0.25, -0.2) is 0 Å². The van der Waals surface area contributed by atoms with Crippen molar-refractivity contribution in [1.29, 1.82) is 0 Å². The average molecular weight is 411 g/mol. The lowest BCUT2D eigenvalue weighted by molar-refractivity contribution is -0.138. The van der Waals surface area contributed by atoms with Gasteiger partial charge in [0.1, 0.15) is 0 Å². The fourth-order valence-corrected chi connectivity index (χ4v) is 3.30. The van der Waals surface area contributed by atoms with Crippen LogP contribution in [0.3, 0.4) is 0 Å². The first-order valence-electron chi connectivity index (χ1n) is 10.3. The number of imide groups is 1. The molecule has 0 aromatic rings. The number of unbranched alkanes of at least 4 members (excludes halogenated alkanes) is 1. The molecule has 9 nitrogen and oxygen atoms in total. The van der Waals surface area contributed by atoms with Gasteiger partial charge in [0.2, 0.25) is 23.6 Å². The second kappa shape index (κ2) is 12.3. The molecule has 3 N–H and O–H groups in total. The second-order valence-electron chi connectivity index (χ2n) is 7.54. The largest absolute Gasteiger partial charge is 0.346 e. The third kappa shape index (κ3) is 7.92. The molecule has 9 heteroatoms. The maximum atomic E-state index is 12.2.